The van der Waals surface area contributed by atoms with Crippen LogP contribution in [0.2, 0.25) is 0 Å². The molecule has 1 nitrogen and oxygen atoms in total. The van der Waals surface area contributed by atoms with Crippen LogP contribution in [0.3, 0.4) is 0 Å². The lowest BCUT2D eigenvalue weighted by Gasteiger charge is -2.37. The molecule has 288 valence electrons. The molecular weight excluding hydrogens is 850 g/mol. The average Bonchev–Trinajstić information content (AvgIpc) is 3.27. The van der Waals surface area contributed by atoms with Crippen LogP contribution < -0.4 is 55.2 Å². The highest BCUT2D eigenvalue weighted by Gasteiger charge is 2.51. The van der Waals surface area contributed by atoms with Crippen molar-refractivity contribution in [3.63, 3.8) is 0 Å². The molecule has 2 fully saturated rings. The van der Waals surface area contributed by atoms with Crippen LogP contribution in [-0.4, -0.2) is 17.1 Å². The van der Waals surface area contributed by atoms with Gasteiger partial charge in [-0.15, -0.1) is 0 Å². The Kier molecular flexibility index (Phi) is 15.1. The molecule has 8 rings (SSSR count). The van der Waals surface area contributed by atoms with Crippen molar-refractivity contribution >= 4 is 41.5 Å². The molecule has 0 aliphatic heterocycles. The monoisotopic (exact) mass is 902 g/mol. The molecular formula is C51H54Br2OP2. The molecule has 2 saturated carbocycles. The maximum Gasteiger partial charge on any atom is 0.193 e. The Labute approximate surface area is 358 Å². The van der Waals surface area contributed by atoms with Crippen molar-refractivity contribution in [3.05, 3.63) is 192 Å². The average molecular weight is 905 g/mol. The van der Waals surface area contributed by atoms with Gasteiger partial charge in [0, 0.05) is 11.1 Å². The Bertz CT molecular complexity index is 1850. The molecule has 0 radical (unpaired) electrons. The van der Waals surface area contributed by atoms with Gasteiger partial charge >= 0.3 is 0 Å². The van der Waals surface area contributed by atoms with Crippen LogP contribution in [0.5, 0.6) is 0 Å². The lowest BCUT2D eigenvalue weighted by molar-refractivity contribution is -0.001000. The fraction of sp³-hybridized carbons (Fsp3) is 0.275. The Balaban J connectivity index is 0.00000266. The smallest absolute Gasteiger partial charge is 0.193 e. The molecule has 0 unspecified atom stereocenters. The van der Waals surface area contributed by atoms with Gasteiger partial charge in [0.05, 0.1) is 59.4 Å². The van der Waals surface area contributed by atoms with Gasteiger partial charge in [-0.05, 0) is 111 Å². The van der Waals surface area contributed by atoms with E-state index in [9.17, 15) is 4.79 Å². The van der Waals surface area contributed by atoms with Gasteiger partial charge in [0.1, 0.15) is 0 Å². The molecule has 6 aromatic rings. The minimum absolute atomic E-state index is 0. The number of hydrogen-bond donors (Lipinski definition) is 0. The summed E-state index contributed by atoms with van der Waals surface area (Å²) in [5, 5.41) is 6.05. The summed E-state index contributed by atoms with van der Waals surface area (Å²) >= 11 is 0. The Hall–Kier alpha value is -3.19. The van der Waals surface area contributed by atoms with E-state index in [1.165, 1.54) is 96.6 Å². The number of hydrogen-bond acceptors (Lipinski definition) is 1. The van der Waals surface area contributed by atoms with Crippen LogP contribution in [0.15, 0.2) is 170 Å². The predicted molar refractivity (Wildman–Crippen MR) is 236 cm³/mol. The summed E-state index contributed by atoms with van der Waals surface area (Å²) in [5.74, 6) is 0.104. The van der Waals surface area contributed by atoms with Crippen LogP contribution in [-0.2, 0) is 12.3 Å². The molecule has 5 heteroatoms. The van der Waals surface area contributed by atoms with Gasteiger partial charge in [-0.25, -0.2) is 0 Å². The Morgan fingerprint density at radius 2 is 0.643 bits per heavy atom. The molecule has 6 aromatic carbocycles. The van der Waals surface area contributed by atoms with Crippen LogP contribution in [0.4, 0.5) is 0 Å². The molecule has 0 heterocycles. The van der Waals surface area contributed by atoms with Crippen LogP contribution in [0.1, 0.15) is 91.3 Å². The van der Waals surface area contributed by atoms with E-state index >= 15 is 0 Å². The Morgan fingerprint density at radius 3 is 0.911 bits per heavy atom. The van der Waals surface area contributed by atoms with Crippen molar-refractivity contribution in [1.82, 2.24) is 0 Å². The van der Waals surface area contributed by atoms with E-state index in [4.69, 9.17) is 0 Å². The summed E-state index contributed by atoms with van der Waals surface area (Å²) in [5.41, 5.74) is 5.56. The fourth-order valence-corrected chi connectivity index (χ4v) is 20.3. The fourth-order valence-electron chi connectivity index (χ4n) is 9.85. The maximum atomic E-state index is 14.0. The van der Waals surface area contributed by atoms with E-state index in [1.807, 2.05) is 0 Å². The van der Waals surface area contributed by atoms with E-state index in [1.54, 1.807) is 0 Å². The highest BCUT2D eigenvalue weighted by atomic mass is 79.9. The van der Waals surface area contributed by atoms with Crippen molar-refractivity contribution in [3.8, 4) is 0 Å². The first kappa shape index (κ1) is 42.4. The first-order valence-corrected chi connectivity index (χ1v) is 24.5. The molecule has 0 atom stereocenters. The zero-order valence-electron chi connectivity index (χ0n) is 32.4. The standard InChI is InChI=1S/C51H54OP2.2BrH/c52-51(43-35-31-41(32-36-43)39-53(45-19-7-1-8-20-45,46-21-9-2-10-22-46)47-23-11-3-12-24-47)44-37-33-42(34-38-44)40-54(48-25-13-4-14-26-48,49-27-15-5-16-28-49)50-29-17-6-18-30-50;;/h1-2,4-5,7-10,13-16,19-22,25-28,31-38,47,50H,3,6,11-12,17-18,23-24,29-30,39-40H2;2*1H/q+2;;/p-2. The number of carbonyl (C=O) groups excluding carboxylic acids is 1. The second-order valence-corrected chi connectivity index (χ2v) is 23.3. The minimum Gasteiger partial charge on any atom is -1.00 e. The van der Waals surface area contributed by atoms with Crippen molar-refractivity contribution in [2.24, 2.45) is 0 Å². The molecule has 56 heavy (non-hydrogen) atoms. The normalized spacial score (nSPS) is 15.3. The minimum atomic E-state index is -1.76. The first-order valence-electron chi connectivity index (χ1n) is 20.4. The third-order valence-electron chi connectivity index (χ3n) is 12.6. The van der Waals surface area contributed by atoms with E-state index in [-0.39, 0.29) is 39.7 Å². The summed E-state index contributed by atoms with van der Waals surface area (Å²) in [6, 6.07) is 62.8. The van der Waals surface area contributed by atoms with E-state index < -0.39 is 14.5 Å². The molecule has 0 bridgehead atoms. The van der Waals surface area contributed by atoms with Gasteiger partial charge in [0.15, 0.2) is 5.78 Å². The zero-order valence-corrected chi connectivity index (χ0v) is 37.3. The van der Waals surface area contributed by atoms with Crippen molar-refractivity contribution in [1.29, 1.82) is 0 Å². The summed E-state index contributed by atoms with van der Waals surface area (Å²) in [6.07, 6.45) is 15.2. The number of halogens is 2. The highest BCUT2D eigenvalue weighted by molar-refractivity contribution is 7.89. The zero-order chi connectivity index (χ0) is 36.6. The van der Waals surface area contributed by atoms with Gasteiger partial charge in [-0.2, -0.15) is 0 Å². The summed E-state index contributed by atoms with van der Waals surface area (Å²) in [4.78, 5) is 14.0. The third kappa shape index (κ3) is 8.93. The van der Waals surface area contributed by atoms with Crippen LogP contribution in [0.25, 0.3) is 0 Å². The maximum absolute atomic E-state index is 14.0. The quantitative estimate of drug-likeness (QED) is 0.110. The first-order chi connectivity index (χ1) is 26.7. The lowest BCUT2D eigenvalue weighted by atomic mass is 10.0. The van der Waals surface area contributed by atoms with Gasteiger partial charge in [0.25, 0.3) is 0 Å². The Morgan fingerprint density at radius 1 is 0.375 bits per heavy atom. The molecule has 2 aliphatic rings. The molecule has 0 aromatic heterocycles. The predicted octanol–water partition coefficient (Wildman–Crippen LogP) is 5.93. The van der Waals surface area contributed by atoms with Gasteiger partial charge < -0.3 is 34.0 Å². The number of ketones is 1. The number of carbonyl (C=O) groups is 1. The molecule has 2 aliphatic carbocycles. The summed E-state index contributed by atoms with van der Waals surface area (Å²) < 4.78 is 0. The van der Waals surface area contributed by atoms with Crippen molar-refractivity contribution < 1.29 is 38.8 Å². The van der Waals surface area contributed by atoms with Crippen molar-refractivity contribution in [2.45, 2.75) is 87.9 Å². The van der Waals surface area contributed by atoms with Gasteiger partial charge in [-0.3, -0.25) is 4.79 Å². The van der Waals surface area contributed by atoms with Crippen LogP contribution in [0, 0.1) is 0 Å². The van der Waals surface area contributed by atoms with Gasteiger partial charge in [0.2, 0.25) is 0 Å². The lowest BCUT2D eigenvalue weighted by Crippen LogP contribution is -3.00. The SMILES string of the molecule is O=C(c1ccc(C[P+](c2ccccc2)(c2ccccc2)C2CCCCC2)cc1)c1ccc(C[P+](c2ccccc2)(c2ccccc2)C2CCCCC2)cc1.[Br-].[Br-]. The molecule has 0 N–H and O–H groups in total. The van der Waals surface area contributed by atoms with E-state index in [0.717, 1.165) is 23.5 Å². The van der Waals surface area contributed by atoms with Gasteiger partial charge in [-0.1, -0.05) is 134 Å². The molecule has 0 spiro atoms. The number of rotatable bonds is 12. The topological polar surface area (TPSA) is 17.1 Å². The highest BCUT2D eigenvalue weighted by Crippen LogP contribution is 2.67. The number of benzene rings is 6. The van der Waals surface area contributed by atoms with Crippen LogP contribution >= 0.6 is 14.5 Å². The largest absolute Gasteiger partial charge is 1.00 e. The summed E-state index contributed by atoms with van der Waals surface area (Å²) in [6.45, 7) is 0. The summed E-state index contributed by atoms with van der Waals surface area (Å²) in [7, 11) is -3.51. The second kappa shape index (κ2) is 20.0. The third-order valence-corrected chi connectivity index (χ3v) is 22.7. The van der Waals surface area contributed by atoms with Crippen molar-refractivity contribution in [2.75, 3.05) is 0 Å². The second-order valence-electron chi connectivity index (χ2n) is 15.7. The van der Waals surface area contributed by atoms with E-state index in [0.29, 0.717) is 11.3 Å². The molecule has 0 saturated heterocycles. The van der Waals surface area contributed by atoms with E-state index in [2.05, 4.69) is 170 Å². The molecule has 0 amide bonds.